The van der Waals surface area contributed by atoms with Gasteiger partial charge in [0.1, 0.15) is 0 Å². The van der Waals surface area contributed by atoms with Crippen molar-refractivity contribution in [2.75, 3.05) is 0 Å². The molecule has 0 aromatic rings. The van der Waals surface area contributed by atoms with Crippen LogP contribution in [0.3, 0.4) is 0 Å². The quantitative estimate of drug-likeness (QED) is 0.723. The Balaban J connectivity index is 0. The van der Waals surface area contributed by atoms with E-state index in [1.165, 1.54) is 0 Å². The molecule has 73 valence electrons. The Labute approximate surface area is 90.9 Å². The number of hydrogen-bond acceptors (Lipinski definition) is 1. The Kier molecular flexibility index (Phi) is 6.59. The van der Waals surface area contributed by atoms with Crippen LogP contribution in [0.1, 0.15) is 0 Å². The Morgan fingerprint density at radius 1 is 0.917 bits per heavy atom. The second-order valence-electron chi connectivity index (χ2n) is 3.72. The van der Waals surface area contributed by atoms with Gasteiger partial charge in [-0.15, -0.1) is 13.2 Å². The molecular formula is C8H18ORhSi2. The summed E-state index contributed by atoms with van der Waals surface area (Å²) in [5, 5.41) is 0. The number of hydrogen-bond donors (Lipinski definition) is 0. The largest absolute Gasteiger partial charge is 0.449 e. The zero-order chi connectivity index (χ0) is 9.12. The van der Waals surface area contributed by atoms with Crippen molar-refractivity contribution in [1.29, 1.82) is 0 Å². The van der Waals surface area contributed by atoms with E-state index in [0.717, 1.165) is 0 Å². The van der Waals surface area contributed by atoms with Crippen LogP contribution < -0.4 is 0 Å². The van der Waals surface area contributed by atoms with Gasteiger partial charge in [-0.1, -0.05) is 11.4 Å². The molecule has 0 aliphatic carbocycles. The van der Waals surface area contributed by atoms with Crippen molar-refractivity contribution >= 4 is 16.6 Å². The van der Waals surface area contributed by atoms with Crippen LogP contribution in [0.2, 0.25) is 26.2 Å². The third kappa shape index (κ3) is 6.06. The van der Waals surface area contributed by atoms with Crippen molar-refractivity contribution in [2.45, 2.75) is 26.2 Å². The Bertz CT molecular complexity index is 148. The van der Waals surface area contributed by atoms with Crippen molar-refractivity contribution in [3.8, 4) is 0 Å². The van der Waals surface area contributed by atoms with Gasteiger partial charge in [0, 0.05) is 19.5 Å². The minimum absolute atomic E-state index is 0. The SMILES string of the molecule is C=C[Si](C)(C)O[Si](C)(C)C=C.[Rh]. The molecule has 0 aliphatic heterocycles. The molecule has 0 fully saturated rings. The van der Waals surface area contributed by atoms with Crippen LogP contribution in [-0.4, -0.2) is 16.6 Å². The topological polar surface area (TPSA) is 9.23 Å². The van der Waals surface area contributed by atoms with Crippen LogP contribution in [0.15, 0.2) is 24.6 Å². The van der Waals surface area contributed by atoms with E-state index in [9.17, 15) is 0 Å². The van der Waals surface area contributed by atoms with Gasteiger partial charge in [-0.25, -0.2) is 0 Å². The van der Waals surface area contributed by atoms with Crippen molar-refractivity contribution in [2.24, 2.45) is 0 Å². The average molecular weight is 289 g/mol. The van der Waals surface area contributed by atoms with Gasteiger partial charge in [0.2, 0.25) is 0 Å². The summed E-state index contributed by atoms with van der Waals surface area (Å²) in [6.45, 7) is 16.2. The molecule has 1 radical (unpaired) electrons. The van der Waals surface area contributed by atoms with Gasteiger partial charge in [-0.2, -0.15) is 0 Å². The predicted molar refractivity (Wildman–Crippen MR) is 56.4 cm³/mol. The molecule has 0 heterocycles. The van der Waals surface area contributed by atoms with E-state index in [1.54, 1.807) is 0 Å². The van der Waals surface area contributed by atoms with E-state index in [-0.39, 0.29) is 19.5 Å². The molecule has 12 heavy (non-hydrogen) atoms. The molecule has 0 rings (SSSR count). The van der Waals surface area contributed by atoms with Crippen LogP contribution in [0.25, 0.3) is 0 Å². The maximum absolute atomic E-state index is 5.97. The van der Waals surface area contributed by atoms with Crippen LogP contribution in [0, 0.1) is 0 Å². The minimum atomic E-state index is -1.58. The van der Waals surface area contributed by atoms with Crippen LogP contribution >= 0.6 is 0 Å². The third-order valence-electron chi connectivity index (χ3n) is 1.51. The number of rotatable bonds is 4. The molecule has 0 saturated heterocycles. The summed E-state index contributed by atoms with van der Waals surface area (Å²) in [5.41, 5.74) is 3.93. The molecule has 0 amide bonds. The maximum atomic E-state index is 5.97. The van der Waals surface area contributed by atoms with E-state index in [2.05, 4.69) is 39.3 Å². The Hall–Kier alpha value is 0.497. The first-order valence-corrected chi connectivity index (χ1v) is 9.77. The summed E-state index contributed by atoms with van der Waals surface area (Å²) >= 11 is 0. The first-order chi connectivity index (χ1) is 4.83. The van der Waals surface area contributed by atoms with Gasteiger partial charge in [-0.05, 0) is 26.2 Å². The fraction of sp³-hybridized carbons (Fsp3) is 0.500. The van der Waals surface area contributed by atoms with Gasteiger partial charge in [0.05, 0.1) is 0 Å². The third-order valence-corrected chi connectivity index (χ3v) is 7.68. The smallest absolute Gasteiger partial charge is 0.198 e. The monoisotopic (exact) mass is 289 g/mol. The summed E-state index contributed by atoms with van der Waals surface area (Å²) in [5.74, 6) is 0. The minimum Gasteiger partial charge on any atom is -0.449 e. The molecule has 0 aromatic carbocycles. The van der Waals surface area contributed by atoms with Crippen molar-refractivity contribution in [3.63, 3.8) is 0 Å². The van der Waals surface area contributed by atoms with E-state index in [0.29, 0.717) is 0 Å². The zero-order valence-electron chi connectivity index (χ0n) is 8.31. The van der Waals surface area contributed by atoms with Gasteiger partial charge >= 0.3 is 0 Å². The first kappa shape index (κ1) is 15.0. The predicted octanol–water partition coefficient (Wildman–Crippen LogP) is 2.86. The summed E-state index contributed by atoms with van der Waals surface area (Å²) in [4.78, 5) is 0. The van der Waals surface area contributed by atoms with Gasteiger partial charge in [0.25, 0.3) is 0 Å². The molecule has 0 unspecified atom stereocenters. The summed E-state index contributed by atoms with van der Waals surface area (Å²) in [6, 6.07) is 0. The first-order valence-electron chi connectivity index (χ1n) is 3.80. The molecule has 0 N–H and O–H groups in total. The molecule has 0 atom stereocenters. The normalized spacial score (nSPS) is 11.7. The second kappa shape index (κ2) is 5.28. The van der Waals surface area contributed by atoms with Crippen LogP contribution in [0.4, 0.5) is 0 Å². The van der Waals surface area contributed by atoms with Gasteiger partial charge < -0.3 is 4.12 Å². The molecule has 4 heteroatoms. The van der Waals surface area contributed by atoms with E-state index >= 15 is 0 Å². The van der Waals surface area contributed by atoms with Gasteiger partial charge in [0.15, 0.2) is 16.6 Å². The zero-order valence-corrected chi connectivity index (χ0v) is 11.9. The molecular weight excluding hydrogens is 271 g/mol. The van der Waals surface area contributed by atoms with E-state index < -0.39 is 16.6 Å². The maximum Gasteiger partial charge on any atom is 0.198 e. The summed E-state index contributed by atoms with van der Waals surface area (Å²) in [6.07, 6.45) is 0. The molecule has 0 saturated carbocycles. The van der Waals surface area contributed by atoms with Gasteiger partial charge in [-0.3, -0.25) is 0 Å². The molecule has 1 nitrogen and oxygen atoms in total. The molecule has 0 bridgehead atoms. The molecule has 0 aliphatic rings. The Morgan fingerprint density at radius 2 is 1.17 bits per heavy atom. The average Bonchev–Trinajstić information content (AvgIpc) is 1.86. The van der Waals surface area contributed by atoms with Crippen molar-refractivity contribution in [3.05, 3.63) is 24.6 Å². The van der Waals surface area contributed by atoms with Crippen molar-refractivity contribution < 1.29 is 23.6 Å². The second-order valence-corrected chi connectivity index (χ2v) is 11.8. The molecule has 0 aromatic heterocycles. The molecule has 0 spiro atoms. The van der Waals surface area contributed by atoms with E-state index in [4.69, 9.17) is 4.12 Å². The van der Waals surface area contributed by atoms with Crippen molar-refractivity contribution in [1.82, 2.24) is 0 Å². The summed E-state index contributed by atoms with van der Waals surface area (Å²) in [7, 11) is -3.16. The fourth-order valence-electron chi connectivity index (χ4n) is 0.761. The van der Waals surface area contributed by atoms with Crippen LogP contribution in [0.5, 0.6) is 0 Å². The van der Waals surface area contributed by atoms with E-state index in [1.807, 2.05) is 11.4 Å². The van der Waals surface area contributed by atoms with Crippen LogP contribution in [-0.2, 0) is 23.6 Å². The summed E-state index contributed by atoms with van der Waals surface area (Å²) < 4.78 is 5.97. The Morgan fingerprint density at radius 3 is 1.33 bits per heavy atom. The fourth-order valence-corrected chi connectivity index (χ4v) is 6.85. The standard InChI is InChI=1S/C8H18OSi2.Rh/c1-7-10(3,4)9-11(5,6)8-2;/h7-8H,1-2H2,3-6H3;.